The van der Waals surface area contributed by atoms with E-state index in [1.54, 1.807) is 36.3 Å². The number of benzene rings is 3. The third-order valence-corrected chi connectivity index (χ3v) is 9.75. The monoisotopic (exact) mass is 605 g/mol. The SMILES string of the molecule is CCCCCNC(=O)[C@@H](c1ccccc1)N(Cc1ccc(OC)cc1)C(=O)CCc1ccc(S(=O)(=O)N2CCCC2)cc1. The van der Waals surface area contributed by atoms with Gasteiger partial charge in [0.15, 0.2) is 0 Å². The largest absolute Gasteiger partial charge is 0.497 e. The first-order chi connectivity index (χ1) is 20.8. The van der Waals surface area contributed by atoms with Crippen LogP contribution in [-0.4, -0.2) is 56.2 Å². The molecule has 1 aliphatic heterocycles. The number of sulfonamides is 1. The minimum Gasteiger partial charge on any atom is -0.497 e. The predicted octanol–water partition coefficient (Wildman–Crippen LogP) is 5.49. The lowest BCUT2D eigenvalue weighted by molar-refractivity contribution is -0.141. The Kier molecular flexibility index (Phi) is 11.8. The number of nitrogens with zero attached hydrogens (tertiary/aromatic N) is 2. The van der Waals surface area contributed by atoms with Crippen molar-refractivity contribution in [3.05, 3.63) is 95.6 Å². The van der Waals surface area contributed by atoms with E-state index in [-0.39, 0.29) is 29.7 Å². The van der Waals surface area contributed by atoms with E-state index in [0.29, 0.717) is 31.8 Å². The van der Waals surface area contributed by atoms with Gasteiger partial charge in [0.25, 0.3) is 0 Å². The Balaban J connectivity index is 1.55. The zero-order chi connectivity index (χ0) is 30.7. The Morgan fingerprint density at radius 1 is 0.907 bits per heavy atom. The standard InChI is InChI=1S/C34H43N3O5S/c1-3-4-8-23-35-34(39)33(29-11-6-5-7-12-29)37(26-28-13-18-30(42-2)19-14-28)32(38)22-17-27-15-20-31(21-16-27)43(40,41)36-24-9-10-25-36/h5-7,11-16,18-21,33H,3-4,8-10,17,22-26H2,1-2H3,(H,35,39)/t33-/m1/s1. The average Bonchev–Trinajstić information content (AvgIpc) is 3.59. The highest BCUT2D eigenvalue weighted by Crippen LogP contribution is 2.27. The molecule has 0 aliphatic carbocycles. The summed E-state index contributed by atoms with van der Waals surface area (Å²) in [6.07, 6.45) is 5.29. The van der Waals surface area contributed by atoms with E-state index in [4.69, 9.17) is 4.74 Å². The molecule has 1 heterocycles. The van der Waals surface area contributed by atoms with E-state index < -0.39 is 16.1 Å². The van der Waals surface area contributed by atoms with Crippen molar-refractivity contribution in [3.63, 3.8) is 0 Å². The summed E-state index contributed by atoms with van der Waals surface area (Å²) in [5.74, 6) is 0.341. The fraction of sp³-hybridized carbons (Fsp3) is 0.412. The number of aryl methyl sites for hydroxylation is 1. The van der Waals surface area contributed by atoms with Crippen LogP contribution in [-0.2, 0) is 32.6 Å². The first kappa shape index (κ1) is 32.2. The Morgan fingerprint density at radius 3 is 2.19 bits per heavy atom. The van der Waals surface area contributed by atoms with Crippen LogP contribution in [0, 0.1) is 0 Å². The lowest BCUT2D eigenvalue weighted by Crippen LogP contribution is -2.43. The van der Waals surface area contributed by atoms with Crippen molar-refractivity contribution < 1.29 is 22.7 Å². The average molecular weight is 606 g/mol. The Morgan fingerprint density at radius 2 is 1.56 bits per heavy atom. The first-order valence-corrected chi connectivity index (χ1v) is 16.6. The molecular weight excluding hydrogens is 562 g/mol. The van der Waals surface area contributed by atoms with Crippen LogP contribution in [0.5, 0.6) is 5.75 Å². The number of amides is 2. The molecule has 0 bridgehead atoms. The summed E-state index contributed by atoms with van der Waals surface area (Å²) >= 11 is 0. The van der Waals surface area contributed by atoms with Crippen molar-refractivity contribution in [2.45, 2.75) is 69.4 Å². The molecule has 230 valence electrons. The van der Waals surface area contributed by atoms with Crippen LogP contribution in [0.1, 0.15) is 68.2 Å². The smallest absolute Gasteiger partial charge is 0.247 e. The molecule has 0 spiro atoms. The van der Waals surface area contributed by atoms with Gasteiger partial charge in [0.2, 0.25) is 21.8 Å². The molecule has 9 heteroatoms. The van der Waals surface area contributed by atoms with Gasteiger partial charge in [-0.1, -0.05) is 74.4 Å². The molecule has 0 aromatic heterocycles. The quantitative estimate of drug-likeness (QED) is 0.231. The second kappa shape index (κ2) is 15.7. The molecule has 1 atom stereocenters. The van der Waals surface area contributed by atoms with E-state index in [9.17, 15) is 18.0 Å². The molecule has 1 fully saturated rings. The maximum atomic E-state index is 14.0. The van der Waals surface area contributed by atoms with Gasteiger partial charge < -0.3 is 15.0 Å². The van der Waals surface area contributed by atoms with Crippen LogP contribution in [0.4, 0.5) is 0 Å². The summed E-state index contributed by atoms with van der Waals surface area (Å²) < 4.78 is 32.7. The molecule has 0 saturated carbocycles. The number of carbonyl (C=O) groups excluding carboxylic acids is 2. The van der Waals surface area contributed by atoms with Gasteiger partial charge in [-0.2, -0.15) is 4.31 Å². The minimum atomic E-state index is -3.50. The lowest BCUT2D eigenvalue weighted by Gasteiger charge is -2.32. The van der Waals surface area contributed by atoms with Crippen LogP contribution in [0.15, 0.2) is 83.8 Å². The summed E-state index contributed by atoms with van der Waals surface area (Å²) in [6, 6.07) is 22.9. The fourth-order valence-corrected chi connectivity index (χ4v) is 6.86. The molecule has 0 unspecified atom stereocenters. The van der Waals surface area contributed by atoms with E-state index in [1.807, 2.05) is 54.6 Å². The van der Waals surface area contributed by atoms with Gasteiger partial charge in [-0.25, -0.2) is 8.42 Å². The molecule has 3 aromatic carbocycles. The highest BCUT2D eigenvalue weighted by atomic mass is 32.2. The maximum absolute atomic E-state index is 14.0. The number of nitrogens with one attached hydrogen (secondary N) is 1. The molecule has 0 radical (unpaired) electrons. The summed E-state index contributed by atoms with van der Waals surface area (Å²) in [5, 5.41) is 3.06. The second-order valence-electron chi connectivity index (χ2n) is 10.9. The molecule has 2 amide bonds. The molecule has 1 saturated heterocycles. The highest BCUT2D eigenvalue weighted by Gasteiger charge is 2.31. The number of ether oxygens (including phenoxy) is 1. The van der Waals surface area contributed by atoms with Crippen LogP contribution >= 0.6 is 0 Å². The van der Waals surface area contributed by atoms with Crippen molar-refractivity contribution in [1.82, 2.24) is 14.5 Å². The molecule has 43 heavy (non-hydrogen) atoms. The predicted molar refractivity (Wildman–Crippen MR) is 168 cm³/mol. The van der Waals surface area contributed by atoms with Crippen LogP contribution in [0.3, 0.4) is 0 Å². The van der Waals surface area contributed by atoms with E-state index >= 15 is 0 Å². The van der Waals surface area contributed by atoms with Gasteiger partial charge in [0.1, 0.15) is 11.8 Å². The van der Waals surface area contributed by atoms with Gasteiger partial charge in [-0.15, -0.1) is 0 Å². The van der Waals surface area contributed by atoms with Crippen molar-refractivity contribution in [2.75, 3.05) is 26.7 Å². The first-order valence-electron chi connectivity index (χ1n) is 15.2. The van der Waals surface area contributed by atoms with Gasteiger partial charge in [-0.05, 0) is 66.6 Å². The number of methoxy groups -OCH3 is 1. The lowest BCUT2D eigenvalue weighted by atomic mass is 10.0. The molecule has 3 aromatic rings. The number of unbranched alkanes of at least 4 members (excludes halogenated alkanes) is 2. The topological polar surface area (TPSA) is 96.0 Å². The fourth-order valence-electron chi connectivity index (χ4n) is 5.34. The van der Waals surface area contributed by atoms with Crippen molar-refractivity contribution in [3.8, 4) is 5.75 Å². The summed E-state index contributed by atoms with van der Waals surface area (Å²) in [4.78, 5) is 29.6. The maximum Gasteiger partial charge on any atom is 0.247 e. The second-order valence-corrected chi connectivity index (χ2v) is 12.9. The van der Waals surface area contributed by atoms with Crippen molar-refractivity contribution in [2.24, 2.45) is 0 Å². The van der Waals surface area contributed by atoms with Gasteiger partial charge >= 0.3 is 0 Å². The van der Waals surface area contributed by atoms with Crippen molar-refractivity contribution in [1.29, 1.82) is 0 Å². The highest BCUT2D eigenvalue weighted by molar-refractivity contribution is 7.89. The molecular formula is C34H43N3O5S. The Labute approximate surface area is 256 Å². The normalized spacial score (nSPS) is 14.3. The summed E-state index contributed by atoms with van der Waals surface area (Å²) in [5.41, 5.74) is 2.48. The van der Waals surface area contributed by atoms with Crippen molar-refractivity contribution >= 4 is 21.8 Å². The number of rotatable bonds is 15. The third-order valence-electron chi connectivity index (χ3n) is 7.84. The Hall–Kier alpha value is -3.69. The van der Waals surface area contributed by atoms with E-state index in [1.165, 1.54) is 4.31 Å². The van der Waals surface area contributed by atoms with E-state index in [0.717, 1.165) is 48.8 Å². The number of hydrogen-bond acceptors (Lipinski definition) is 5. The summed E-state index contributed by atoms with van der Waals surface area (Å²) in [7, 11) is -1.89. The van der Waals surface area contributed by atoms with Gasteiger partial charge in [0.05, 0.1) is 12.0 Å². The van der Waals surface area contributed by atoms with Crippen LogP contribution in [0.2, 0.25) is 0 Å². The number of hydrogen-bond donors (Lipinski definition) is 1. The van der Waals surface area contributed by atoms with Crippen LogP contribution in [0.25, 0.3) is 0 Å². The zero-order valence-electron chi connectivity index (χ0n) is 25.2. The number of carbonyl (C=O) groups is 2. The molecule has 1 N–H and O–H groups in total. The minimum absolute atomic E-state index is 0.165. The summed E-state index contributed by atoms with van der Waals surface area (Å²) in [6.45, 7) is 4.02. The Bertz CT molecular complexity index is 1420. The third kappa shape index (κ3) is 8.67. The molecule has 1 aliphatic rings. The van der Waals surface area contributed by atoms with Gasteiger partial charge in [0, 0.05) is 32.6 Å². The van der Waals surface area contributed by atoms with Crippen LogP contribution < -0.4 is 10.1 Å². The zero-order valence-corrected chi connectivity index (χ0v) is 26.0. The van der Waals surface area contributed by atoms with E-state index in [2.05, 4.69) is 12.2 Å². The van der Waals surface area contributed by atoms with Gasteiger partial charge in [-0.3, -0.25) is 9.59 Å². The molecule has 8 nitrogen and oxygen atoms in total. The molecule has 4 rings (SSSR count).